The van der Waals surface area contributed by atoms with Gasteiger partial charge in [-0.15, -0.1) is 0 Å². The second-order valence-corrected chi connectivity index (χ2v) is 5.77. The Morgan fingerprint density at radius 2 is 1.93 bits per heavy atom. The van der Waals surface area contributed by atoms with Crippen LogP contribution in [0.1, 0.15) is 15.9 Å². The van der Waals surface area contributed by atoms with Gasteiger partial charge in [0, 0.05) is 0 Å². The van der Waals surface area contributed by atoms with Crippen LogP contribution in [0.4, 0.5) is 18.9 Å². The molecule has 0 unspecified atom stereocenters. The standard InChI is InChI=1S/C18H14F3N5O3/c19-18(20,21)11-5-6-14(26-10-23-9-24-26)13(7-11)25-16(27)8-29-15-4-2-1-3-12(15)17(22)28/h1-7,9-10H,8H2,(H2,22,28)(H,25,27). The molecule has 2 amide bonds. The highest BCUT2D eigenvalue weighted by Gasteiger charge is 2.31. The van der Waals surface area contributed by atoms with Crippen LogP contribution < -0.4 is 15.8 Å². The number of ether oxygens (including phenoxy) is 1. The second-order valence-electron chi connectivity index (χ2n) is 5.77. The smallest absolute Gasteiger partial charge is 0.416 e. The molecule has 29 heavy (non-hydrogen) atoms. The monoisotopic (exact) mass is 405 g/mol. The molecule has 0 saturated carbocycles. The van der Waals surface area contributed by atoms with Crippen molar-refractivity contribution in [3.63, 3.8) is 0 Å². The van der Waals surface area contributed by atoms with E-state index in [9.17, 15) is 22.8 Å². The van der Waals surface area contributed by atoms with E-state index in [0.717, 1.165) is 18.2 Å². The molecule has 0 bridgehead atoms. The number of benzene rings is 2. The zero-order chi connectivity index (χ0) is 21.0. The van der Waals surface area contributed by atoms with E-state index in [1.807, 2.05) is 0 Å². The van der Waals surface area contributed by atoms with E-state index in [4.69, 9.17) is 10.5 Å². The van der Waals surface area contributed by atoms with Gasteiger partial charge in [-0.3, -0.25) is 9.59 Å². The highest BCUT2D eigenvalue weighted by Crippen LogP contribution is 2.33. The van der Waals surface area contributed by atoms with Gasteiger partial charge in [0.15, 0.2) is 6.61 Å². The SMILES string of the molecule is NC(=O)c1ccccc1OCC(=O)Nc1cc(C(F)(F)F)ccc1-n1cncn1. The first kappa shape index (κ1) is 19.9. The molecule has 0 fully saturated rings. The summed E-state index contributed by atoms with van der Waals surface area (Å²) in [5.41, 5.74) is 4.40. The summed E-state index contributed by atoms with van der Waals surface area (Å²) < 4.78 is 45.7. The number of rotatable bonds is 6. The molecule has 3 rings (SSSR count). The molecule has 0 radical (unpaired) electrons. The molecule has 1 heterocycles. The second kappa shape index (κ2) is 8.00. The topological polar surface area (TPSA) is 112 Å². The summed E-state index contributed by atoms with van der Waals surface area (Å²) in [6.45, 7) is -0.558. The van der Waals surface area contributed by atoms with Crippen LogP contribution in [0.25, 0.3) is 5.69 Å². The van der Waals surface area contributed by atoms with Crippen LogP contribution in [-0.2, 0) is 11.0 Å². The lowest BCUT2D eigenvalue weighted by Gasteiger charge is -2.15. The van der Waals surface area contributed by atoms with E-state index in [-0.39, 0.29) is 22.7 Å². The lowest BCUT2D eigenvalue weighted by molar-refractivity contribution is -0.137. The third kappa shape index (κ3) is 4.69. The van der Waals surface area contributed by atoms with Crippen molar-refractivity contribution in [2.24, 2.45) is 5.73 Å². The number of aromatic nitrogens is 3. The molecular formula is C18H14F3N5O3. The average molecular weight is 405 g/mol. The lowest BCUT2D eigenvalue weighted by Crippen LogP contribution is -2.23. The van der Waals surface area contributed by atoms with Gasteiger partial charge in [-0.2, -0.15) is 18.3 Å². The maximum Gasteiger partial charge on any atom is 0.416 e. The zero-order valence-corrected chi connectivity index (χ0v) is 14.7. The van der Waals surface area contributed by atoms with Crippen molar-refractivity contribution >= 4 is 17.5 Å². The van der Waals surface area contributed by atoms with Crippen molar-refractivity contribution in [1.82, 2.24) is 14.8 Å². The molecule has 8 nitrogen and oxygen atoms in total. The van der Waals surface area contributed by atoms with Gasteiger partial charge < -0.3 is 15.8 Å². The average Bonchev–Trinajstić information content (AvgIpc) is 3.20. The van der Waals surface area contributed by atoms with E-state index in [1.54, 1.807) is 12.1 Å². The van der Waals surface area contributed by atoms with Crippen molar-refractivity contribution in [2.75, 3.05) is 11.9 Å². The van der Waals surface area contributed by atoms with E-state index < -0.39 is 30.2 Å². The molecule has 150 valence electrons. The van der Waals surface area contributed by atoms with Crippen LogP contribution in [0.3, 0.4) is 0 Å². The number of halogens is 3. The minimum atomic E-state index is -4.60. The zero-order valence-electron chi connectivity index (χ0n) is 14.7. The number of amides is 2. The van der Waals surface area contributed by atoms with E-state index in [1.165, 1.54) is 29.5 Å². The lowest BCUT2D eigenvalue weighted by atomic mass is 10.1. The molecule has 0 atom stereocenters. The highest BCUT2D eigenvalue weighted by atomic mass is 19.4. The Balaban J connectivity index is 1.81. The molecule has 11 heteroatoms. The first-order valence-corrected chi connectivity index (χ1v) is 8.13. The van der Waals surface area contributed by atoms with E-state index in [0.29, 0.717) is 0 Å². The third-order valence-corrected chi connectivity index (χ3v) is 3.77. The Morgan fingerprint density at radius 3 is 2.59 bits per heavy atom. The fourth-order valence-electron chi connectivity index (χ4n) is 2.47. The summed E-state index contributed by atoms with van der Waals surface area (Å²) in [4.78, 5) is 27.4. The molecule has 0 aliphatic rings. The first-order valence-electron chi connectivity index (χ1n) is 8.13. The number of nitrogens with two attached hydrogens (primary N) is 1. The van der Waals surface area contributed by atoms with Crippen LogP contribution >= 0.6 is 0 Å². The number of hydrogen-bond acceptors (Lipinski definition) is 5. The number of carbonyl (C=O) groups excluding carboxylic acids is 2. The number of carbonyl (C=O) groups is 2. The van der Waals surface area contributed by atoms with Crippen LogP contribution in [0.5, 0.6) is 5.75 Å². The molecule has 2 aromatic carbocycles. The van der Waals surface area contributed by atoms with Gasteiger partial charge >= 0.3 is 6.18 Å². The quantitative estimate of drug-likeness (QED) is 0.654. The Morgan fingerprint density at radius 1 is 1.17 bits per heavy atom. The number of alkyl halides is 3. The van der Waals surface area contributed by atoms with Crippen LogP contribution in [0.15, 0.2) is 55.1 Å². The number of nitrogens with one attached hydrogen (secondary N) is 1. The molecule has 0 aliphatic heterocycles. The van der Waals surface area contributed by atoms with Crippen LogP contribution in [0.2, 0.25) is 0 Å². The summed E-state index contributed by atoms with van der Waals surface area (Å²) in [7, 11) is 0. The van der Waals surface area contributed by atoms with E-state index in [2.05, 4.69) is 15.4 Å². The molecule has 0 saturated heterocycles. The number of nitrogens with zero attached hydrogens (tertiary/aromatic N) is 3. The summed E-state index contributed by atoms with van der Waals surface area (Å²) in [5, 5.41) is 6.22. The molecule has 3 aromatic rings. The third-order valence-electron chi connectivity index (χ3n) is 3.77. The van der Waals surface area contributed by atoms with Gasteiger partial charge in [-0.1, -0.05) is 12.1 Å². The van der Waals surface area contributed by atoms with Gasteiger partial charge in [-0.25, -0.2) is 9.67 Å². The number of primary amides is 1. The van der Waals surface area contributed by atoms with Crippen molar-refractivity contribution in [3.05, 3.63) is 66.2 Å². The van der Waals surface area contributed by atoms with E-state index >= 15 is 0 Å². The summed E-state index contributed by atoms with van der Waals surface area (Å²) >= 11 is 0. The molecular weight excluding hydrogens is 391 g/mol. The molecule has 3 N–H and O–H groups in total. The van der Waals surface area contributed by atoms with Crippen LogP contribution in [0, 0.1) is 0 Å². The Hall–Kier alpha value is -3.89. The Kier molecular flexibility index (Phi) is 5.48. The molecule has 1 aromatic heterocycles. The Bertz CT molecular complexity index is 1040. The minimum absolute atomic E-state index is 0.0719. The molecule has 0 spiro atoms. The van der Waals surface area contributed by atoms with Gasteiger partial charge in [0.1, 0.15) is 18.4 Å². The van der Waals surface area contributed by atoms with Gasteiger partial charge in [-0.05, 0) is 30.3 Å². The summed E-state index contributed by atoms with van der Waals surface area (Å²) in [6.07, 6.45) is -2.12. The fourth-order valence-corrected chi connectivity index (χ4v) is 2.47. The minimum Gasteiger partial charge on any atom is -0.483 e. The predicted molar refractivity (Wildman–Crippen MR) is 95.4 cm³/mol. The normalized spacial score (nSPS) is 11.1. The van der Waals surface area contributed by atoms with Crippen molar-refractivity contribution in [3.8, 4) is 11.4 Å². The predicted octanol–water partition coefficient (Wildman–Crippen LogP) is 2.40. The van der Waals surface area contributed by atoms with Crippen molar-refractivity contribution in [2.45, 2.75) is 6.18 Å². The number of anilines is 1. The Labute approximate surface area is 162 Å². The van der Waals surface area contributed by atoms with Gasteiger partial charge in [0.2, 0.25) is 0 Å². The van der Waals surface area contributed by atoms with Gasteiger partial charge in [0.25, 0.3) is 11.8 Å². The maximum atomic E-state index is 13.1. The number of hydrogen-bond donors (Lipinski definition) is 2. The summed E-state index contributed by atoms with van der Waals surface area (Å²) in [5.74, 6) is -1.41. The first-order chi connectivity index (χ1) is 13.8. The van der Waals surface area contributed by atoms with Crippen molar-refractivity contribution < 1.29 is 27.5 Å². The largest absolute Gasteiger partial charge is 0.483 e. The van der Waals surface area contributed by atoms with Crippen molar-refractivity contribution in [1.29, 1.82) is 0 Å². The van der Waals surface area contributed by atoms with Gasteiger partial charge in [0.05, 0.1) is 22.5 Å². The molecule has 0 aliphatic carbocycles. The highest BCUT2D eigenvalue weighted by molar-refractivity contribution is 5.96. The fraction of sp³-hybridized carbons (Fsp3) is 0.111. The summed E-state index contributed by atoms with van der Waals surface area (Å²) in [6, 6.07) is 8.83. The van der Waals surface area contributed by atoms with Crippen LogP contribution in [-0.4, -0.2) is 33.2 Å². The maximum absolute atomic E-state index is 13.1. The number of para-hydroxylation sites is 1.